The molecule has 2 rings (SSSR count). The van der Waals surface area contributed by atoms with Gasteiger partial charge in [-0.25, -0.2) is 19.4 Å². The molecule has 0 N–H and O–H groups in total. The molecule has 0 atom stereocenters. The summed E-state index contributed by atoms with van der Waals surface area (Å²) in [7, 11) is 0. The van der Waals surface area contributed by atoms with Gasteiger partial charge in [0.2, 0.25) is 0 Å². The summed E-state index contributed by atoms with van der Waals surface area (Å²) >= 11 is 22.9. The summed E-state index contributed by atoms with van der Waals surface area (Å²) in [5, 5.41) is -0.0347. The molecule has 0 aliphatic rings. The highest BCUT2D eigenvalue weighted by Gasteiger charge is 2.25. The molecule has 0 bridgehead atoms. The van der Waals surface area contributed by atoms with Gasteiger partial charge in [0.05, 0.1) is 44.1 Å². The third-order valence-corrected chi connectivity index (χ3v) is 4.58. The molecule has 0 heterocycles. The summed E-state index contributed by atoms with van der Waals surface area (Å²) in [4.78, 5) is 57.3. The normalized spacial score (nSPS) is 10.3. The molecule has 0 aliphatic carbocycles. The zero-order valence-electron chi connectivity index (χ0n) is 13.8. The molecule has 0 amide bonds. The monoisotopic (exact) mass is 462 g/mol. The Morgan fingerprint density at radius 3 is 1.36 bits per heavy atom. The first kappa shape index (κ1) is 22.2. The molecule has 0 aromatic heterocycles. The number of alkyl halides is 2. The molecular formula is C18H10Cl4O6. The average molecular weight is 464 g/mol. The summed E-state index contributed by atoms with van der Waals surface area (Å²) in [5.74, 6) is -4.38. The van der Waals surface area contributed by atoms with Crippen molar-refractivity contribution in [2.45, 2.75) is 0 Å². The van der Waals surface area contributed by atoms with E-state index in [2.05, 4.69) is 9.78 Å². The van der Waals surface area contributed by atoms with Crippen LogP contribution in [0.15, 0.2) is 36.4 Å². The summed E-state index contributed by atoms with van der Waals surface area (Å²) in [6.07, 6.45) is 0. The third-order valence-electron chi connectivity index (χ3n) is 3.46. The second-order valence-corrected chi connectivity index (χ2v) is 6.53. The molecule has 0 saturated heterocycles. The summed E-state index contributed by atoms with van der Waals surface area (Å²) in [6, 6.07) is 8.09. The van der Waals surface area contributed by atoms with Gasteiger partial charge < -0.3 is 0 Å². The van der Waals surface area contributed by atoms with Crippen LogP contribution in [0.2, 0.25) is 10.0 Å². The molecule has 0 fully saturated rings. The lowest BCUT2D eigenvalue weighted by molar-refractivity contribution is -0.187. The standard InChI is InChI=1S/C18H10Cl4O6/c19-7-13(23)15-9(3-1-5-11(15)21)17(25)27-28-18(26)10-4-2-6-12(22)16(10)14(24)8-20/h1-6H,7-8H2. The SMILES string of the molecule is O=C(OOC(=O)c1cccc(Cl)c1C(=O)CCl)c1cccc(Cl)c1C(=O)CCl. The van der Waals surface area contributed by atoms with E-state index in [4.69, 9.17) is 46.4 Å². The maximum absolute atomic E-state index is 12.2. The van der Waals surface area contributed by atoms with Crippen molar-refractivity contribution in [3.05, 3.63) is 68.7 Å². The number of carbonyl (C=O) groups excluding carboxylic acids is 4. The minimum absolute atomic E-state index is 0.0173. The topological polar surface area (TPSA) is 86.7 Å². The van der Waals surface area contributed by atoms with Crippen molar-refractivity contribution < 1.29 is 29.0 Å². The van der Waals surface area contributed by atoms with Gasteiger partial charge >= 0.3 is 11.9 Å². The Hall–Kier alpha value is -2.12. The van der Waals surface area contributed by atoms with E-state index in [0.29, 0.717) is 0 Å². The fourth-order valence-corrected chi connectivity index (χ4v) is 3.08. The van der Waals surface area contributed by atoms with E-state index in [1.807, 2.05) is 0 Å². The van der Waals surface area contributed by atoms with Crippen LogP contribution in [0.25, 0.3) is 0 Å². The summed E-state index contributed by atoms with van der Waals surface area (Å²) in [5.41, 5.74) is -0.815. The first-order valence-corrected chi connectivity index (χ1v) is 9.32. The Morgan fingerprint density at radius 2 is 1.04 bits per heavy atom. The number of rotatable bonds is 6. The van der Waals surface area contributed by atoms with Crippen molar-refractivity contribution in [1.29, 1.82) is 0 Å². The lowest BCUT2D eigenvalue weighted by Gasteiger charge is -2.10. The van der Waals surface area contributed by atoms with E-state index < -0.39 is 35.3 Å². The third kappa shape index (κ3) is 4.83. The largest absolute Gasteiger partial charge is 0.387 e. The molecular weight excluding hydrogens is 454 g/mol. The van der Waals surface area contributed by atoms with Crippen LogP contribution >= 0.6 is 46.4 Å². The molecule has 0 aliphatic heterocycles. The number of Topliss-reactive ketones (excluding diaryl/α,β-unsaturated/α-hetero) is 2. The number of ketones is 2. The highest BCUT2D eigenvalue weighted by Crippen LogP contribution is 2.24. The molecule has 6 nitrogen and oxygen atoms in total. The summed E-state index contributed by atoms with van der Waals surface area (Å²) < 4.78 is 0. The Kier molecular flexibility index (Phi) is 7.83. The molecule has 0 spiro atoms. The van der Waals surface area contributed by atoms with Crippen LogP contribution in [0.4, 0.5) is 0 Å². The number of hydrogen-bond donors (Lipinski definition) is 0. The maximum Gasteiger partial charge on any atom is 0.387 e. The van der Waals surface area contributed by atoms with Crippen LogP contribution < -0.4 is 0 Å². The number of carbonyl (C=O) groups is 4. The average Bonchev–Trinajstić information content (AvgIpc) is 2.70. The van der Waals surface area contributed by atoms with Crippen molar-refractivity contribution in [2.24, 2.45) is 0 Å². The first-order chi connectivity index (χ1) is 13.3. The number of halogens is 4. The van der Waals surface area contributed by atoms with Gasteiger partial charge in [0.1, 0.15) is 0 Å². The van der Waals surface area contributed by atoms with Gasteiger partial charge in [-0.2, -0.15) is 0 Å². The van der Waals surface area contributed by atoms with Gasteiger partial charge in [-0.1, -0.05) is 35.3 Å². The van der Waals surface area contributed by atoms with Gasteiger partial charge in [-0.3, -0.25) is 9.59 Å². The van der Waals surface area contributed by atoms with Gasteiger partial charge in [-0.15, -0.1) is 23.2 Å². The van der Waals surface area contributed by atoms with E-state index in [1.165, 1.54) is 36.4 Å². The van der Waals surface area contributed by atoms with E-state index >= 15 is 0 Å². The second-order valence-electron chi connectivity index (χ2n) is 5.18. The van der Waals surface area contributed by atoms with Crippen LogP contribution in [0.5, 0.6) is 0 Å². The second kappa shape index (κ2) is 9.89. The lowest BCUT2D eigenvalue weighted by Crippen LogP contribution is -2.18. The smallest absolute Gasteiger partial charge is 0.293 e. The molecule has 0 radical (unpaired) electrons. The van der Waals surface area contributed by atoms with Gasteiger partial charge in [-0.05, 0) is 24.3 Å². The van der Waals surface area contributed by atoms with Crippen molar-refractivity contribution in [1.82, 2.24) is 0 Å². The Balaban J connectivity index is 2.25. The highest BCUT2D eigenvalue weighted by molar-refractivity contribution is 6.39. The zero-order chi connectivity index (χ0) is 20.8. The van der Waals surface area contributed by atoms with E-state index in [-0.39, 0.29) is 32.3 Å². The highest BCUT2D eigenvalue weighted by atomic mass is 35.5. The Bertz CT molecular complexity index is 880. The molecule has 2 aromatic rings. The van der Waals surface area contributed by atoms with E-state index in [1.54, 1.807) is 0 Å². The quantitative estimate of drug-likeness (QED) is 0.265. The molecule has 28 heavy (non-hydrogen) atoms. The predicted molar refractivity (Wildman–Crippen MR) is 104 cm³/mol. The first-order valence-electron chi connectivity index (χ1n) is 7.50. The van der Waals surface area contributed by atoms with E-state index in [0.717, 1.165) is 0 Å². The number of benzene rings is 2. The Labute approximate surface area is 179 Å². The molecule has 146 valence electrons. The molecule has 10 heteroatoms. The molecule has 0 saturated carbocycles. The Morgan fingerprint density at radius 1 is 0.679 bits per heavy atom. The fourth-order valence-electron chi connectivity index (χ4n) is 2.25. The van der Waals surface area contributed by atoms with Crippen molar-refractivity contribution in [2.75, 3.05) is 11.8 Å². The zero-order valence-corrected chi connectivity index (χ0v) is 16.9. The predicted octanol–water partition coefficient (Wildman–Crippen LogP) is 4.77. The fraction of sp³-hybridized carbons (Fsp3) is 0.111. The van der Waals surface area contributed by atoms with Gasteiger partial charge in [0.25, 0.3) is 0 Å². The van der Waals surface area contributed by atoms with Crippen molar-refractivity contribution in [3.63, 3.8) is 0 Å². The minimum Gasteiger partial charge on any atom is -0.293 e. The van der Waals surface area contributed by atoms with Crippen molar-refractivity contribution in [3.8, 4) is 0 Å². The van der Waals surface area contributed by atoms with Crippen LogP contribution in [-0.4, -0.2) is 35.3 Å². The van der Waals surface area contributed by atoms with Crippen molar-refractivity contribution >= 4 is 69.9 Å². The maximum atomic E-state index is 12.2. The van der Waals surface area contributed by atoms with Gasteiger partial charge in [0, 0.05) is 0 Å². The number of hydrogen-bond acceptors (Lipinski definition) is 6. The van der Waals surface area contributed by atoms with E-state index in [9.17, 15) is 19.2 Å². The minimum atomic E-state index is -1.16. The molecule has 0 unspecified atom stereocenters. The lowest BCUT2D eigenvalue weighted by atomic mass is 10.0. The van der Waals surface area contributed by atoms with Crippen LogP contribution in [-0.2, 0) is 9.78 Å². The van der Waals surface area contributed by atoms with Gasteiger partial charge in [0.15, 0.2) is 11.6 Å². The molecule has 2 aromatic carbocycles. The van der Waals surface area contributed by atoms with Crippen LogP contribution in [0.1, 0.15) is 41.4 Å². The van der Waals surface area contributed by atoms with Crippen LogP contribution in [0, 0.1) is 0 Å². The summed E-state index contributed by atoms with van der Waals surface area (Å²) in [6.45, 7) is 0. The van der Waals surface area contributed by atoms with Crippen LogP contribution in [0.3, 0.4) is 0 Å².